The van der Waals surface area contributed by atoms with Crippen LogP contribution in [0.15, 0.2) is 22.7 Å². The quantitative estimate of drug-likeness (QED) is 0.606. The molecule has 1 amide bonds. The summed E-state index contributed by atoms with van der Waals surface area (Å²) < 4.78 is 6.83. The highest BCUT2D eigenvalue weighted by Gasteiger charge is 2.18. The summed E-state index contributed by atoms with van der Waals surface area (Å²) >= 11 is 2.80. The van der Waals surface area contributed by atoms with Crippen molar-refractivity contribution in [2.75, 3.05) is 5.75 Å². The molecule has 22 heavy (non-hydrogen) atoms. The van der Waals surface area contributed by atoms with Gasteiger partial charge in [-0.1, -0.05) is 17.8 Å². The smallest absolute Gasteiger partial charge is 0.317 e. The minimum atomic E-state index is -0.932. The van der Waals surface area contributed by atoms with E-state index in [1.165, 1.54) is 18.7 Å². The zero-order chi connectivity index (χ0) is 16.1. The Morgan fingerprint density at radius 1 is 1.50 bits per heavy atom. The van der Waals surface area contributed by atoms with Crippen LogP contribution in [0.3, 0.4) is 0 Å². The maximum Gasteiger partial charge on any atom is 0.317 e. The molecule has 0 saturated heterocycles. The Morgan fingerprint density at radius 2 is 2.27 bits per heavy atom. The normalized spacial score (nSPS) is 12.1. The molecule has 0 fully saturated rings. The van der Waals surface area contributed by atoms with Crippen molar-refractivity contribution in [1.29, 1.82) is 0 Å². The first-order valence-corrected chi connectivity index (χ1v) is 8.48. The first-order valence-electron chi connectivity index (χ1n) is 6.61. The lowest BCUT2D eigenvalue weighted by molar-refractivity contribution is -0.151. The summed E-state index contributed by atoms with van der Waals surface area (Å²) in [5.74, 6) is -0.367. The minimum Gasteiger partial charge on any atom is -0.452 e. The predicted molar refractivity (Wildman–Crippen MR) is 84.5 cm³/mol. The molecule has 1 unspecified atom stereocenters. The van der Waals surface area contributed by atoms with Crippen LogP contribution in [-0.2, 0) is 20.9 Å². The third-order valence-electron chi connectivity index (χ3n) is 2.80. The fourth-order valence-corrected chi connectivity index (χ4v) is 3.18. The Hall–Kier alpha value is -1.87. The number of carbonyl (C=O) groups excluding carboxylic acids is 2. The molecule has 0 aliphatic carbocycles. The van der Waals surface area contributed by atoms with Crippen LogP contribution in [-0.4, -0.2) is 38.5 Å². The lowest BCUT2D eigenvalue weighted by atomic mass is 10.4. The molecule has 0 aliphatic rings. The van der Waals surface area contributed by atoms with E-state index in [2.05, 4.69) is 10.2 Å². The maximum atomic E-state index is 11.7. The predicted octanol–water partition coefficient (Wildman–Crippen LogP) is 1.54. The molecule has 0 spiro atoms. The molecule has 0 aromatic carbocycles. The fraction of sp³-hybridized carbons (Fsp3) is 0.385. The summed E-state index contributed by atoms with van der Waals surface area (Å²) in [5.41, 5.74) is 5.05. The van der Waals surface area contributed by atoms with Crippen LogP contribution in [0.2, 0.25) is 0 Å². The lowest BCUT2D eigenvalue weighted by Crippen LogP contribution is -2.31. The maximum absolute atomic E-state index is 11.7. The average Bonchev–Trinajstić information content (AvgIpc) is 3.13. The number of thiophene rings is 1. The van der Waals surface area contributed by atoms with Crippen molar-refractivity contribution in [2.24, 2.45) is 5.73 Å². The van der Waals surface area contributed by atoms with Gasteiger partial charge < -0.3 is 15.0 Å². The van der Waals surface area contributed by atoms with Gasteiger partial charge in [0, 0.05) is 6.54 Å². The van der Waals surface area contributed by atoms with Crippen LogP contribution in [0.5, 0.6) is 0 Å². The van der Waals surface area contributed by atoms with Gasteiger partial charge in [0.25, 0.3) is 5.91 Å². The third kappa shape index (κ3) is 3.86. The van der Waals surface area contributed by atoms with E-state index in [1.807, 2.05) is 29.0 Å². The average molecular weight is 340 g/mol. The van der Waals surface area contributed by atoms with E-state index in [4.69, 9.17) is 10.5 Å². The molecular weight excluding hydrogens is 324 g/mol. The van der Waals surface area contributed by atoms with E-state index in [-0.39, 0.29) is 5.75 Å². The molecule has 0 saturated carbocycles. The Kier molecular flexibility index (Phi) is 5.56. The van der Waals surface area contributed by atoms with Crippen molar-refractivity contribution in [3.63, 3.8) is 0 Å². The lowest BCUT2D eigenvalue weighted by Gasteiger charge is -2.09. The highest BCUT2D eigenvalue weighted by Crippen LogP contribution is 2.27. The van der Waals surface area contributed by atoms with E-state index in [9.17, 15) is 9.59 Å². The SMILES string of the molecule is CCn1c(SCC(=O)OC(C)C(N)=O)nnc1-c1cccs1. The van der Waals surface area contributed by atoms with E-state index >= 15 is 0 Å². The van der Waals surface area contributed by atoms with Crippen molar-refractivity contribution in [3.05, 3.63) is 17.5 Å². The van der Waals surface area contributed by atoms with Gasteiger partial charge in [-0.25, -0.2) is 0 Å². The number of hydrogen-bond donors (Lipinski definition) is 1. The number of nitrogens with two attached hydrogens (primary N) is 1. The molecule has 118 valence electrons. The van der Waals surface area contributed by atoms with Crippen LogP contribution in [0.1, 0.15) is 13.8 Å². The summed E-state index contributed by atoms with van der Waals surface area (Å²) in [6, 6.07) is 3.92. The van der Waals surface area contributed by atoms with Gasteiger partial charge in [-0.15, -0.1) is 21.5 Å². The molecule has 2 heterocycles. The molecule has 2 aromatic heterocycles. The van der Waals surface area contributed by atoms with E-state index in [0.29, 0.717) is 11.7 Å². The van der Waals surface area contributed by atoms with Gasteiger partial charge in [0.1, 0.15) is 0 Å². The number of carbonyl (C=O) groups is 2. The highest BCUT2D eigenvalue weighted by molar-refractivity contribution is 7.99. The van der Waals surface area contributed by atoms with E-state index in [0.717, 1.165) is 10.7 Å². The molecular formula is C13H16N4O3S2. The topological polar surface area (TPSA) is 100 Å². The van der Waals surface area contributed by atoms with Crippen molar-refractivity contribution >= 4 is 35.0 Å². The first kappa shape index (κ1) is 16.5. The largest absolute Gasteiger partial charge is 0.452 e. The van der Waals surface area contributed by atoms with Gasteiger partial charge >= 0.3 is 5.97 Å². The van der Waals surface area contributed by atoms with Crippen LogP contribution in [0.25, 0.3) is 10.7 Å². The van der Waals surface area contributed by atoms with Crippen LogP contribution in [0, 0.1) is 0 Å². The van der Waals surface area contributed by atoms with Gasteiger partial charge in [-0.05, 0) is 25.3 Å². The fourth-order valence-electron chi connectivity index (χ4n) is 1.68. The second-order valence-corrected chi connectivity index (χ2v) is 6.24. The molecule has 2 aromatic rings. The van der Waals surface area contributed by atoms with Gasteiger partial charge in [0.05, 0.1) is 10.6 Å². The van der Waals surface area contributed by atoms with Crippen molar-refractivity contribution in [3.8, 4) is 10.7 Å². The van der Waals surface area contributed by atoms with Gasteiger partial charge in [0.15, 0.2) is 17.1 Å². The standard InChI is InChI=1S/C13H16N4O3S2/c1-3-17-12(9-5-4-6-21-9)15-16-13(17)22-7-10(18)20-8(2)11(14)19/h4-6,8H,3,7H2,1-2H3,(H2,14,19). The molecule has 0 aliphatic heterocycles. The minimum absolute atomic E-state index is 0.0419. The van der Waals surface area contributed by atoms with Gasteiger partial charge in [0.2, 0.25) is 0 Å². The highest BCUT2D eigenvalue weighted by atomic mass is 32.2. The number of primary amides is 1. The van der Waals surface area contributed by atoms with E-state index in [1.54, 1.807) is 11.3 Å². The number of ether oxygens (including phenoxy) is 1. The van der Waals surface area contributed by atoms with Crippen molar-refractivity contribution in [1.82, 2.24) is 14.8 Å². The molecule has 7 nitrogen and oxygen atoms in total. The Balaban J connectivity index is 2.02. The summed E-state index contributed by atoms with van der Waals surface area (Å²) in [4.78, 5) is 23.5. The number of thioether (sulfide) groups is 1. The Morgan fingerprint density at radius 3 is 2.86 bits per heavy atom. The molecule has 2 N–H and O–H groups in total. The van der Waals surface area contributed by atoms with Crippen LogP contribution < -0.4 is 5.73 Å². The summed E-state index contributed by atoms with van der Waals surface area (Å²) in [5, 5.41) is 10.9. The molecule has 0 radical (unpaired) electrons. The number of hydrogen-bond acceptors (Lipinski definition) is 7. The van der Waals surface area contributed by atoms with Gasteiger partial charge in [-0.3, -0.25) is 9.59 Å². The molecule has 1 atom stereocenters. The Bertz CT molecular complexity index is 654. The first-order chi connectivity index (χ1) is 10.5. The van der Waals surface area contributed by atoms with Crippen molar-refractivity contribution < 1.29 is 14.3 Å². The molecule has 2 rings (SSSR count). The summed E-state index contributed by atoms with van der Waals surface area (Å²) in [6.07, 6.45) is -0.932. The number of amides is 1. The second kappa shape index (κ2) is 7.41. The summed E-state index contributed by atoms with van der Waals surface area (Å²) in [6.45, 7) is 4.11. The van der Waals surface area contributed by atoms with Crippen molar-refractivity contribution in [2.45, 2.75) is 31.7 Å². The second-order valence-electron chi connectivity index (χ2n) is 4.35. The zero-order valence-corrected chi connectivity index (χ0v) is 13.8. The van der Waals surface area contributed by atoms with E-state index < -0.39 is 18.0 Å². The number of rotatable bonds is 7. The number of esters is 1. The van der Waals surface area contributed by atoms with Gasteiger partial charge in [-0.2, -0.15) is 0 Å². The third-order valence-corrected chi connectivity index (χ3v) is 4.61. The molecule has 0 bridgehead atoms. The monoisotopic (exact) mass is 340 g/mol. The summed E-state index contributed by atoms with van der Waals surface area (Å²) in [7, 11) is 0. The molecule has 9 heteroatoms. The van der Waals surface area contributed by atoms with Crippen LogP contribution >= 0.6 is 23.1 Å². The number of aromatic nitrogens is 3. The zero-order valence-electron chi connectivity index (χ0n) is 12.2. The number of nitrogens with zero attached hydrogens (tertiary/aromatic N) is 3. The van der Waals surface area contributed by atoms with Crippen LogP contribution in [0.4, 0.5) is 0 Å². The Labute approximate surface area is 135 Å².